The second kappa shape index (κ2) is 6.58. The average Bonchev–Trinajstić information content (AvgIpc) is 3.19. The summed E-state index contributed by atoms with van der Waals surface area (Å²) in [5.74, 6) is 0.502. The van der Waals surface area contributed by atoms with E-state index < -0.39 is 0 Å². The van der Waals surface area contributed by atoms with Crippen LogP contribution in [0.15, 0.2) is 35.3 Å². The first-order chi connectivity index (χ1) is 10.3. The van der Waals surface area contributed by atoms with Crippen LogP contribution in [0, 0.1) is 5.92 Å². The molecule has 0 saturated carbocycles. The molecule has 2 aromatic rings. The Bertz CT molecular complexity index is 542. The van der Waals surface area contributed by atoms with Crippen LogP contribution in [0.2, 0.25) is 0 Å². The van der Waals surface area contributed by atoms with Gasteiger partial charge in [0.05, 0.1) is 11.8 Å². The van der Waals surface area contributed by atoms with Crippen LogP contribution in [0.25, 0.3) is 0 Å². The Balaban J connectivity index is 1.39. The summed E-state index contributed by atoms with van der Waals surface area (Å²) in [7, 11) is 0. The van der Waals surface area contributed by atoms with Gasteiger partial charge < -0.3 is 9.73 Å². The van der Waals surface area contributed by atoms with Gasteiger partial charge in [-0.2, -0.15) is 5.10 Å². The molecule has 1 fully saturated rings. The van der Waals surface area contributed by atoms with Gasteiger partial charge in [-0.15, -0.1) is 0 Å². The minimum absolute atomic E-state index is 0.0522. The molecule has 2 N–H and O–H groups in total. The van der Waals surface area contributed by atoms with Gasteiger partial charge in [0.15, 0.2) is 0 Å². The molecule has 21 heavy (non-hydrogen) atoms. The largest absolute Gasteiger partial charge is 0.472 e. The summed E-state index contributed by atoms with van der Waals surface area (Å²) in [5, 5.41) is 9.94. The van der Waals surface area contributed by atoms with E-state index in [4.69, 9.17) is 4.42 Å². The van der Waals surface area contributed by atoms with Crippen molar-refractivity contribution in [2.45, 2.75) is 19.4 Å². The number of rotatable bonds is 5. The SMILES string of the molecule is O=C(NCC1CCN(Cc2ccn[nH]2)CC1)c1ccoc1. The van der Waals surface area contributed by atoms with Gasteiger partial charge in [0.25, 0.3) is 5.91 Å². The van der Waals surface area contributed by atoms with Crippen molar-refractivity contribution in [3.05, 3.63) is 42.1 Å². The van der Waals surface area contributed by atoms with Gasteiger partial charge in [-0.05, 0) is 44.0 Å². The van der Waals surface area contributed by atoms with Crippen molar-refractivity contribution in [2.75, 3.05) is 19.6 Å². The van der Waals surface area contributed by atoms with Crippen LogP contribution in [0.5, 0.6) is 0 Å². The number of H-pyrrole nitrogens is 1. The second-order valence-corrected chi connectivity index (χ2v) is 5.52. The number of carbonyl (C=O) groups excluding carboxylic acids is 1. The topological polar surface area (TPSA) is 74.2 Å². The molecule has 3 rings (SSSR count). The predicted octanol–water partition coefficient (Wildman–Crippen LogP) is 1.64. The third-order valence-electron chi connectivity index (χ3n) is 3.99. The van der Waals surface area contributed by atoms with E-state index >= 15 is 0 Å². The summed E-state index contributed by atoms with van der Waals surface area (Å²) in [6.45, 7) is 3.78. The third kappa shape index (κ3) is 3.72. The van der Waals surface area contributed by atoms with Crippen LogP contribution < -0.4 is 5.32 Å². The number of aromatic nitrogens is 2. The molecular weight excluding hydrogens is 268 g/mol. The molecule has 6 heteroatoms. The minimum atomic E-state index is -0.0522. The predicted molar refractivity (Wildman–Crippen MR) is 77.6 cm³/mol. The number of carbonyl (C=O) groups is 1. The Labute approximate surface area is 123 Å². The molecule has 112 valence electrons. The molecule has 1 saturated heterocycles. The maximum atomic E-state index is 11.8. The number of amides is 1. The molecule has 0 unspecified atom stereocenters. The van der Waals surface area contributed by atoms with Gasteiger partial charge in [-0.25, -0.2) is 0 Å². The summed E-state index contributed by atoms with van der Waals surface area (Å²) in [6, 6.07) is 3.69. The molecule has 0 radical (unpaired) electrons. The molecule has 1 aliphatic rings. The normalized spacial score (nSPS) is 17.0. The van der Waals surface area contributed by atoms with Crippen LogP contribution in [-0.4, -0.2) is 40.6 Å². The molecule has 0 spiro atoms. The van der Waals surface area contributed by atoms with Crippen molar-refractivity contribution >= 4 is 5.91 Å². The molecule has 6 nitrogen and oxygen atoms in total. The van der Waals surface area contributed by atoms with E-state index in [2.05, 4.69) is 20.4 Å². The van der Waals surface area contributed by atoms with Crippen LogP contribution in [0.4, 0.5) is 0 Å². The zero-order valence-corrected chi connectivity index (χ0v) is 11.9. The Kier molecular flexibility index (Phi) is 4.35. The van der Waals surface area contributed by atoms with E-state index in [1.807, 2.05) is 6.07 Å². The molecule has 1 amide bonds. The van der Waals surface area contributed by atoms with E-state index in [9.17, 15) is 4.79 Å². The number of aromatic amines is 1. The molecule has 2 aromatic heterocycles. The Morgan fingerprint density at radius 3 is 2.95 bits per heavy atom. The molecule has 3 heterocycles. The zero-order valence-electron chi connectivity index (χ0n) is 11.9. The van der Waals surface area contributed by atoms with Gasteiger partial charge in [-0.3, -0.25) is 14.8 Å². The quantitative estimate of drug-likeness (QED) is 0.877. The van der Waals surface area contributed by atoms with Crippen LogP contribution in [-0.2, 0) is 6.54 Å². The Hall–Kier alpha value is -2.08. The number of likely N-dealkylation sites (tertiary alicyclic amines) is 1. The highest BCUT2D eigenvalue weighted by Crippen LogP contribution is 2.18. The average molecular weight is 288 g/mol. The molecule has 0 atom stereocenters. The molecule has 0 aliphatic carbocycles. The van der Waals surface area contributed by atoms with Crippen LogP contribution in [0.1, 0.15) is 28.9 Å². The summed E-state index contributed by atoms with van der Waals surface area (Å²) >= 11 is 0. The number of piperidine rings is 1. The van der Waals surface area contributed by atoms with Crippen LogP contribution >= 0.6 is 0 Å². The van der Waals surface area contributed by atoms with Crippen molar-refractivity contribution < 1.29 is 9.21 Å². The van der Waals surface area contributed by atoms with Crippen molar-refractivity contribution in [2.24, 2.45) is 5.92 Å². The molecular formula is C15H20N4O2. The first kappa shape index (κ1) is 13.9. The number of nitrogens with one attached hydrogen (secondary N) is 2. The summed E-state index contributed by atoms with van der Waals surface area (Å²) in [4.78, 5) is 14.3. The van der Waals surface area contributed by atoms with Crippen molar-refractivity contribution in [1.29, 1.82) is 0 Å². The summed E-state index contributed by atoms with van der Waals surface area (Å²) in [5.41, 5.74) is 1.74. The third-order valence-corrected chi connectivity index (χ3v) is 3.99. The number of nitrogens with zero attached hydrogens (tertiary/aromatic N) is 2. The van der Waals surface area contributed by atoms with Crippen LogP contribution in [0.3, 0.4) is 0 Å². The molecule has 1 aliphatic heterocycles. The molecule has 0 bridgehead atoms. The number of hydrogen-bond donors (Lipinski definition) is 2. The fourth-order valence-corrected chi connectivity index (χ4v) is 2.70. The maximum Gasteiger partial charge on any atom is 0.254 e. The maximum absolute atomic E-state index is 11.8. The fourth-order valence-electron chi connectivity index (χ4n) is 2.70. The number of furan rings is 1. The first-order valence-electron chi connectivity index (χ1n) is 7.32. The lowest BCUT2D eigenvalue weighted by Crippen LogP contribution is -2.38. The van der Waals surface area contributed by atoms with E-state index in [0.717, 1.165) is 44.7 Å². The van der Waals surface area contributed by atoms with Crippen molar-refractivity contribution in [3.8, 4) is 0 Å². The van der Waals surface area contributed by atoms with E-state index in [-0.39, 0.29) is 5.91 Å². The van der Waals surface area contributed by atoms with E-state index in [1.54, 1.807) is 12.3 Å². The van der Waals surface area contributed by atoms with E-state index in [1.165, 1.54) is 12.5 Å². The fraction of sp³-hybridized carbons (Fsp3) is 0.467. The summed E-state index contributed by atoms with van der Waals surface area (Å²) < 4.78 is 4.92. The number of hydrogen-bond acceptors (Lipinski definition) is 4. The highest BCUT2D eigenvalue weighted by atomic mass is 16.3. The lowest BCUT2D eigenvalue weighted by Gasteiger charge is -2.31. The lowest BCUT2D eigenvalue weighted by molar-refractivity contribution is 0.0934. The smallest absolute Gasteiger partial charge is 0.254 e. The monoisotopic (exact) mass is 288 g/mol. The highest BCUT2D eigenvalue weighted by Gasteiger charge is 2.20. The minimum Gasteiger partial charge on any atom is -0.472 e. The molecule has 0 aromatic carbocycles. The van der Waals surface area contributed by atoms with Gasteiger partial charge >= 0.3 is 0 Å². The second-order valence-electron chi connectivity index (χ2n) is 5.52. The lowest BCUT2D eigenvalue weighted by atomic mass is 9.96. The Morgan fingerprint density at radius 2 is 2.29 bits per heavy atom. The zero-order chi connectivity index (χ0) is 14.5. The standard InChI is InChI=1S/C15H20N4O2/c20-15(13-4-8-21-11-13)16-9-12-2-6-19(7-3-12)10-14-1-5-17-18-14/h1,4-5,8,11-12H,2-3,6-7,9-10H2,(H,16,20)(H,17,18). The van der Waals surface area contributed by atoms with Gasteiger partial charge in [0.1, 0.15) is 6.26 Å². The van der Waals surface area contributed by atoms with Gasteiger partial charge in [0.2, 0.25) is 0 Å². The van der Waals surface area contributed by atoms with Gasteiger partial charge in [-0.1, -0.05) is 0 Å². The first-order valence-corrected chi connectivity index (χ1v) is 7.32. The highest BCUT2D eigenvalue weighted by molar-refractivity contribution is 5.93. The van der Waals surface area contributed by atoms with E-state index in [0.29, 0.717) is 11.5 Å². The summed E-state index contributed by atoms with van der Waals surface area (Å²) in [6.07, 6.45) is 7.00. The Morgan fingerprint density at radius 1 is 1.43 bits per heavy atom. The van der Waals surface area contributed by atoms with Crippen molar-refractivity contribution in [3.63, 3.8) is 0 Å². The van der Waals surface area contributed by atoms with Crippen molar-refractivity contribution in [1.82, 2.24) is 20.4 Å². The van der Waals surface area contributed by atoms with Gasteiger partial charge in [0, 0.05) is 25.0 Å².